The van der Waals surface area contributed by atoms with Gasteiger partial charge >= 0.3 is 6.09 Å². The number of hydrogen-bond acceptors (Lipinski definition) is 4. The zero-order valence-corrected chi connectivity index (χ0v) is 16.4. The molecule has 0 radical (unpaired) electrons. The highest BCUT2D eigenvalue weighted by molar-refractivity contribution is 9.10. The number of pyridine rings is 1. The average molecular weight is 430 g/mol. The Morgan fingerprint density at radius 3 is 2.67 bits per heavy atom. The smallest absolute Gasteiger partial charge is 0.419 e. The molecule has 7 heteroatoms. The van der Waals surface area contributed by atoms with Crippen molar-refractivity contribution in [2.75, 3.05) is 0 Å². The number of aromatic nitrogens is 1. The minimum Gasteiger partial charge on any atom is -0.419 e. The molecule has 2 aliphatic rings. The third-order valence-electron chi connectivity index (χ3n) is 5.05. The van der Waals surface area contributed by atoms with Crippen molar-refractivity contribution in [2.24, 2.45) is 0 Å². The van der Waals surface area contributed by atoms with Gasteiger partial charge in [-0.15, -0.1) is 0 Å². The van der Waals surface area contributed by atoms with E-state index in [1.807, 2.05) is 24.3 Å². The molecule has 1 aliphatic heterocycles. The second-order valence-corrected chi connectivity index (χ2v) is 7.81. The van der Waals surface area contributed by atoms with E-state index >= 15 is 0 Å². The fraction of sp³-hybridized carbons (Fsp3) is 0.350. The maximum absolute atomic E-state index is 13.3. The number of halogens is 1. The third-order valence-corrected chi connectivity index (χ3v) is 5.54. The van der Waals surface area contributed by atoms with Crippen LogP contribution in [-0.2, 0) is 11.3 Å². The van der Waals surface area contributed by atoms with Crippen LogP contribution in [0.5, 0.6) is 0 Å². The summed E-state index contributed by atoms with van der Waals surface area (Å²) in [5.74, 6) is -0.307. The maximum Gasteiger partial charge on any atom is 0.431 e. The molecular formula is C20H20BrN3O3. The predicted octanol–water partition coefficient (Wildman–Crippen LogP) is 4.51. The summed E-state index contributed by atoms with van der Waals surface area (Å²) < 4.78 is 6.73. The summed E-state index contributed by atoms with van der Waals surface area (Å²) in [4.78, 5) is 30.3. The van der Waals surface area contributed by atoms with Gasteiger partial charge in [0.15, 0.2) is 0 Å². The number of hydrazine groups is 1. The van der Waals surface area contributed by atoms with E-state index in [-0.39, 0.29) is 12.5 Å². The number of rotatable bonds is 3. The lowest BCUT2D eigenvalue weighted by Crippen LogP contribution is -2.54. The predicted molar refractivity (Wildman–Crippen MR) is 102 cm³/mol. The van der Waals surface area contributed by atoms with Gasteiger partial charge in [0.05, 0.1) is 6.54 Å². The Labute approximate surface area is 166 Å². The molecule has 1 spiro atoms. The molecule has 140 valence electrons. The molecule has 2 fully saturated rings. The van der Waals surface area contributed by atoms with E-state index in [9.17, 15) is 9.59 Å². The first-order valence-corrected chi connectivity index (χ1v) is 9.89. The van der Waals surface area contributed by atoms with Crippen molar-refractivity contribution in [2.45, 2.75) is 44.4 Å². The molecule has 1 aromatic heterocycles. The molecule has 2 aromatic rings. The van der Waals surface area contributed by atoms with Crippen LogP contribution >= 0.6 is 15.9 Å². The number of carbonyl (C=O) groups is 2. The van der Waals surface area contributed by atoms with Crippen LogP contribution in [0.25, 0.3) is 0 Å². The van der Waals surface area contributed by atoms with E-state index in [2.05, 4.69) is 20.9 Å². The van der Waals surface area contributed by atoms with Gasteiger partial charge in [-0.1, -0.05) is 40.5 Å². The Balaban J connectivity index is 1.71. The molecule has 1 aliphatic carbocycles. The first kappa shape index (κ1) is 18.0. The van der Waals surface area contributed by atoms with Gasteiger partial charge in [-0.25, -0.2) is 9.80 Å². The highest BCUT2D eigenvalue weighted by Crippen LogP contribution is 2.42. The number of hydrogen-bond donors (Lipinski definition) is 0. The third kappa shape index (κ3) is 3.43. The molecule has 0 N–H and O–H groups in total. The molecule has 6 nitrogen and oxygen atoms in total. The van der Waals surface area contributed by atoms with Gasteiger partial charge in [-0.2, -0.15) is 5.01 Å². The summed E-state index contributed by atoms with van der Waals surface area (Å²) in [6.45, 7) is 0.262. The van der Waals surface area contributed by atoms with Crippen LogP contribution in [0.1, 0.15) is 48.2 Å². The van der Waals surface area contributed by atoms with E-state index in [0.29, 0.717) is 18.5 Å². The first-order chi connectivity index (χ1) is 13.1. The molecule has 27 heavy (non-hydrogen) atoms. The SMILES string of the molecule is O=C1OC2(CCCCC2)N(C(=O)c2ccccn2)N1Cc1cccc(Br)c1. The van der Waals surface area contributed by atoms with Crippen LogP contribution in [0.4, 0.5) is 4.79 Å². The minimum atomic E-state index is -0.907. The van der Waals surface area contributed by atoms with Crippen LogP contribution in [0.2, 0.25) is 0 Å². The van der Waals surface area contributed by atoms with E-state index in [1.165, 1.54) is 10.0 Å². The van der Waals surface area contributed by atoms with E-state index in [4.69, 9.17) is 4.74 Å². The Hall–Kier alpha value is -2.41. The number of ether oxygens (including phenoxy) is 1. The molecule has 0 bridgehead atoms. The Kier molecular flexibility index (Phi) is 4.86. The van der Waals surface area contributed by atoms with Crippen LogP contribution in [0.3, 0.4) is 0 Å². The van der Waals surface area contributed by atoms with Gasteiger partial charge in [0.1, 0.15) is 5.69 Å². The molecule has 2 amide bonds. The number of carbonyl (C=O) groups excluding carboxylic acids is 2. The molecule has 0 unspecified atom stereocenters. The van der Waals surface area contributed by atoms with Crippen molar-refractivity contribution in [3.05, 3.63) is 64.4 Å². The molecule has 1 saturated carbocycles. The lowest BCUT2D eigenvalue weighted by atomic mass is 9.91. The van der Waals surface area contributed by atoms with E-state index in [0.717, 1.165) is 29.3 Å². The van der Waals surface area contributed by atoms with Crippen LogP contribution < -0.4 is 0 Å². The van der Waals surface area contributed by atoms with E-state index < -0.39 is 11.8 Å². The van der Waals surface area contributed by atoms with Gasteiger partial charge in [0.25, 0.3) is 5.91 Å². The monoisotopic (exact) mass is 429 g/mol. The summed E-state index contributed by atoms with van der Waals surface area (Å²) in [6, 6.07) is 12.9. The van der Waals surface area contributed by atoms with Crippen LogP contribution in [0, 0.1) is 0 Å². The molecule has 1 saturated heterocycles. The number of benzene rings is 1. The second-order valence-electron chi connectivity index (χ2n) is 6.89. The topological polar surface area (TPSA) is 62.7 Å². The van der Waals surface area contributed by atoms with Crippen LogP contribution in [0.15, 0.2) is 53.1 Å². The molecule has 2 heterocycles. The number of nitrogens with zero attached hydrogens (tertiary/aromatic N) is 3. The maximum atomic E-state index is 13.3. The zero-order valence-electron chi connectivity index (χ0n) is 14.8. The number of amides is 2. The van der Waals surface area contributed by atoms with Gasteiger partial charge in [-0.3, -0.25) is 9.78 Å². The van der Waals surface area contributed by atoms with Crippen molar-refractivity contribution in [3.8, 4) is 0 Å². The van der Waals surface area contributed by atoms with Crippen molar-refractivity contribution < 1.29 is 14.3 Å². The van der Waals surface area contributed by atoms with Gasteiger partial charge in [0.2, 0.25) is 5.72 Å². The Morgan fingerprint density at radius 2 is 1.96 bits per heavy atom. The highest BCUT2D eigenvalue weighted by Gasteiger charge is 2.55. The van der Waals surface area contributed by atoms with Crippen molar-refractivity contribution >= 4 is 27.9 Å². The molecule has 0 atom stereocenters. The Bertz CT molecular complexity index is 853. The minimum absolute atomic E-state index is 0.262. The van der Waals surface area contributed by atoms with E-state index in [1.54, 1.807) is 24.4 Å². The molecular weight excluding hydrogens is 410 g/mol. The van der Waals surface area contributed by atoms with Gasteiger partial charge in [-0.05, 0) is 42.7 Å². The lowest BCUT2D eigenvalue weighted by Gasteiger charge is -2.39. The summed E-state index contributed by atoms with van der Waals surface area (Å²) in [5.41, 5.74) is 0.309. The quantitative estimate of drug-likeness (QED) is 0.719. The highest BCUT2D eigenvalue weighted by atomic mass is 79.9. The van der Waals surface area contributed by atoms with Gasteiger partial charge in [0, 0.05) is 23.5 Å². The zero-order chi connectivity index (χ0) is 18.9. The normalized spacial score (nSPS) is 18.6. The lowest BCUT2D eigenvalue weighted by molar-refractivity contribution is -0.106. The summed E-state index contributed by atoms with van der Waals surface area (Å²) in [6.07, 6.45) is 5.31. The van der Waals surface area contributed by atoms with Crippen molar-refractivity contribution in [3.63, 3.8) is 0 Å². The molecule has 1 aromatic carbocycles. The first-order valence-electron chi connectivity index (χ1n) is 9.10. The van der Waals surface area contributed by atoms with Crippen molar-refractivity contribution in [1.29, 1.82) is 0 Å². The summed E-state index contributed by atoms with van der Waals surface area (Å²) >= 11 is 3.45. The molecule has 4 rings (SSSR count). The largest absolute Gasteiger partial charge is 0.431 e. The Morgan fingerprint density at radius 1 is 1.15 bits per heavy atom. The summed E-state index contributed by atoms with van der Waals surface area (Å²) in [7, 11) is 0. The summed E-state index contributed by atoms with van der Waals surface area (Å²) in [5, 5.41) is 2.93. The fourth-order valence-electron chi connectivity index (χ4n) is 3.81. The second kappa shape index (κ2) is 7.31. The van der Waals surface area contributed by atoms with Crippen molar-refractivity contribution in [1.82, 2.24) is 15.0 Å². The van der Waals surface area contributed by atoms with Gasteiger partial charge < -0.3 is 4.74 Å². The van der Waals surface area contributed by atoms with Crippen LogP contribution in [-0.4, -0.2) is 32.7 Å². The average Bonchev–Trinajstić information content (AvgIpc) is 2.93. The fourth-order valence-corrected chi connectivity index (χ4v) is 4.26. The standard InChI is InChI=1S/C20H20BrN3O3/c21-16-8-6-7-15(13-16)14-23-19(26)27-20(10-3-1-4-11-20)24(23)18(25)17-9-2-5-12-22-17/h2,5-9,12-13H,1,3-4,10-11,14H2.